The van der Waals surface area contributed by atoms with Gasteiger partial charge < -0.3 is 19.5 Å². The Morgan fingerprint density at radius 2 is 1.63 bits per heavy atom. The number of carbonyl (C=O) groups is 2. The number of nitrogens with one attached hydrogen (secondary N) is 1. The molecule has 2 aromatic carbocycles. The van der Waals surface area contributed by atoms with Crippen LogP contribution in [0.3, 0.4) is 0 Å². The molecule has 4 rings (SSSR count). The zero-order valence-corrected chi connectivity index (χ0v) is 16.4. The maximum Gasteiger partial charge on any atom is 0.303 e. The molecule has 0 saturated heterocycles. The van der Waals surface area contributed by atoms with Crippen molar-refractivity contribution >= 4 is 17.6 Å². The predicted molar refractivity (Wildman–Crippen MR) is 111 cm³/mol. The normalized spacial score (nSPS) is 12.2. The van der Waals surface area contributed by atoms with Gasteiger partial charge in [-0.25, -0.2) is 4.98 Å². The minimum absolute atomic E-state index is 0.322. The van der Waals surface area contributed by atoms with E-state index in [1.54, 1.807) is 6.07 Å². The molecule has 0 radical (unpaired) electrons. The lowest BCUT2D eigenvalue weighted by molar-refractivity contribution is -0.144. The molecule has 1 aliphatic rings. The molecule has 1 N–H and O–H groups in total. The fraction of sp³-hybridized carbons (Fsp3) is 0.174. The topological polar surface area (TPSA) is 86.8 Å². The summed E-state index contributed by atoms with van der Waals surface area (Å²) >= 11 is 0. The van der Waals surface area contributed by atoms with E-state index in [1.807, 2.05) is 54.6 Å². The number of hydrogen-bond acceptors (Lipinski definition) is 6. The van der Waals surface area contributed by atoms with Gasteiger partial charge in [-0.15, -0.1) is 0 Å². The molecule has 0 unspecified atom stereocenters. The molecule has 1 aliphatic heterocycles. The van der Waals surface area contributed by atoms with Gasteiger partial charge in [0, 0.05) is 23.7 Å². The van der Waals surface area contributed by atoms with Crippen molar-refractivity contribution < 1.29 is 23.8 Å². The number of rotatable bonds is 5. The zero-order valence-electron chi connectivity index (χ0n) is 16.4. The maximum atomic E-state index is 11.9. The molecule has 1 aromatic heterocycles. The Balaban J connectivity index is 1.55. The molecule has 3 aromatic rings. The highest BCUT2D eigenvalue weighted by atomic mass is 16.6. The van der Waals surface area contributed by atoms with Crippen LogP contribution in [-0.2, 0) is 14.3 Å². The number of esters is 1. The molecule has 0 fully saturated rings. The second kappa shape index (κ2) is 8.65. The van der Waals surface area contributed by atoms with Crippen molar-refractivity contribution in [1.82, 2.24) is 4.98 Å². The van der Waals surface area contributed by atoms with Crippen LogP contribution < -0.4 is 14.8 Å². The van der Waals surface area contributed by atoms with Crippen LogP contribution in [0.2, 0.25) is 0 Å². The smallest absolute Gasteiger partial charge is 0.303 e. The van der Waals surface area contributed by atoms with Crippen LogP contribution in [0.1, 0.15) is 6.92 Å². The van der Waals surface area contributed by atoms with Gasteiger partial charge in [-0.3, -0.25) is 9.59 Å². The predicted octanol–water partition coefficient (Wildman–Crippen LogP) is 3.69. The number of carbonyl (C=O) groups excluding carboxylic acids is 2. The van der Waals surface area contributed by atoms with Crippen LogP contribution in [0, 0.1) is 0 Å². The van der Waals surface area contributed by atoms with Crippen molar-refractivity contribution in [2.24, 2.45) is 0 Å². The SMILES string of the molecule is CC(=O)OCC(=O)Nc1cccc(-c2cccc(-c3ccc4c(c3)OCCO4)n2)c1. The molecule has 7 nitrogen and oxygen atoms in total. The third kappa shape index (κ3) is 4.57. The molecule has 1 amide bonds. The molecule has 0 bridgehead atoms. The number of nitrogens with zero attached hydrogens (tertiary/aromatic N) is 1. The molecular formula is C23H20N2O5. The summed E-state index contributed by atoms with van der Waals surface area (Å²) in [5.74, 6) is 0.543. The molecule has 7 heteroatoms. The van der Waals surface area contributed by atoms with Crippen LogP contribution in [0.4, 0.5) is 5.69 Å². The first-order valence-corrected chi connectivity index (χ1v) is 9.49. The minimum atomic E-state index is -0.501. The Kier molecular flexibility index (Phi) is 5.61. The number of fused-ring (bicyclic) bond motifs is 1. The average molecular weight is 404 g/mol. The van der Waals surface area contributed by atoms with Gasteiger partial charge in [-0.1, -0.05) is 18.2 Å². The molecule has 30 heavy (non-hydrogen) atoms. The summed E-state index contributed by atoms with van der Waals surface area (Å²) in [5.41, 5.74) is 3.93. The van der Waals surface area contributed by atoms with E-state index in [0.29, 0.717) is 24.7 Å². The number of hydrogen-bond donors (Lipinski definition) is 1. The molecular weight excluding hydrogens is 384 g/mol. The highest BCUT2D eigenvalue weighted by Gasteiger charge is 2.13. The van der Waals surface area contributed by atoms with E-state index in [9.17, 15) is 9.59 Å². The monoisotopic (exact) mass is 404 g/mol. The van der Waals surface area contributed by atoms with E-state index in [-0.39, 0.29) is 6.61 Å². The second-order valence-corrected chi connectivity index (χ2v) is 6.68. The maximum absolute atomic E-state index is 11.9. The van der Waals surface area contributed by atoms with Gasteiger partial charge in [0.15, 0.2) is 18.1 Å². The van der Waals surface area contributed by atoms with Gasteiger partial charge in [0.1, 0.15) is 13.2 Å². The van der Waals surface area contributed by atoms with Crippen LogP contribution in [0.15, 0.2) is 60.7 Å². The lowest BCUT2D eigenvalue weighted by Crippen LogP contribution is -2.19. The van der Waals surface area contributed by atoms with Gasteiger partial charge in [-0.2, -0.15) is 0 Å². The minimum Gasteiger partial charge on any atom is -0.486 e. The standard InChI is InChI=1S/C23H20N2O5/c1-15(26)30-14-23(27)24-18-5-2-4-16(12-18)19-6-3-7-20(25-19)17-8-9-21-22(13-17)29-11-10-28-21/h2-9,12-13H,10-11,14H2,1H3,(H,24,27). The van der Waals surface area contributed by atoms with Crippen molar-refractivity contribution in [2.45, 2.75) is 6.92 Å². The van der Waals surface area contributed by atoms with Crippen LogP contribution >= 0.6 is 0 Å². The van der Waals surface area contributed by atoms with E-state index >= 15 is 0 Å². The van der Waals surface area contributed by atoms with Crippen LogP contribution in [-0.4, -0.2) is 36.7 Å². The fourth-order valence-electron chi connectivity index (χ4n) is 3.08. The number of amides is 1. The Labute approximate surface area is 173 Å². The summed E-state index contributed by atoms with van der Waals surface area (Å²) in [6, 6.07) is 18.9. The second-order valence-electron chi connectivity index (χ2n) is 6.68. The summed E-state index contributed by atoms with van der Waals surface area (Å²) in [5, 5.41) is 2.71. The van der Waals surface area contributed by atoms with Crippen molar-refractivity contribution in [1.29, 1.82) is 0 Å². The summed E-state index contributed by atoms with van der Waals surface area (Å²) in [6.45, 7) is 2.01. The van der Waals surface area contributed by atoms with Gasteiger partial charge in [0.05, 0.1) is 11.4 Å². The number of anilines is 1. The molecule has 0 aliphatic carbocycles. The quantitative estimate of drug-likeness (QED) is 0.653. The highest BCUT2D eigenvalue weighted by molar-refractivity contribution is 5.93. The van der Waals surface area contributed by atoms with E-state index in [4.69, 9.17) is 19.2 Å². The van der Waals surface area contributed by atoms with Gasteiger partial charge in [0.2, 0.25) is 0 Å². The first-order chi connectivity index (χ1) is 14.6. The van der Waals surface area contributed by atoms with Crippen molar-refractivity contribution in [2.75, 3.05) is 25.1 Å². The Bertz CT molecular complexity index is 1100. The molecule has 0 saturated carbocycles. The summed E-state index contributed by atoms with van der Waals surface area (Å²) in [7, 11) is 0. The molecule has 152 valence electrons. The third-order valence-corrected chi connectivity index (χ3v) is 4.44. The Hall–Kier alpha value is -3.87. The highest BCUT2D eigenvalue weighted by Crippen LogP contribution is 2.34. The molecule has 0 atom stereocenters. The first kappa shape index (κ1) is 19.4. The summed E-state index contributed by atoms with van der Waals surface area (Å²) in [6.07, 6.45) is 0. The zero-order chi connectivity index (χ0) is 20.9. The lowest BCUT2D eigenvalue weighted by atomic mass is 10.1. The van der Waals surface area contributed by atoms with Gasteiger partial charge >= 0.3 is 5.97 Å². The summed E-state index contributed by atoms with van der Waals surface area (Å²) in [4.78, 5) is 27.5. The van der Waals surface area contributed by atoms with Crippen LogP contribution in [0.5, 0.6) is 11.5 Å². The van der Waals surface area contributed by atoms with E-state index in [2.05, 4.69) is 5.32 Å². The molecule has 0 spiro atoms. The van der Waals surface area contributed by atoms with E-state index < -0.39 is 11.9 Å². The first-order valence-electron chi connectivity index (χ1n) is 9.49. The van der Waals surface area contributed by atoms with E-state index in [0.717, 1.165) is 28.3 Å². The number of benzene rings is 2. The van der Waals surface area contributed by atoms with Crippen molar-refractivity contribution in [3.63, 3.8) is 0 Å². The van der Waals surface area contributed by atoms with E-state index in [1.165, 1.54) is 6.92 Å². The van der Waals surface area contributed by atoms with Crippen LogP contribution in [0.25, 0.3) is 22.5 Å². The van der Waals surface area contributed by atoms with Crippen molar-refractivity contribution in [3.8, 4) is 34.0 Å². The number of ether oxygens (including phenoxy) is 3. The Morgan fingerprint density at radius 3 is 2.40 bits per heavy atom. The number of aromatic nitrogens is 1. The van der Waals surface area contributed by atoms with Gasteiger partial charge in [-0.05, 0) is 42.5 Å². The number of pyridine rings is 1. The van der Waals surface area contributed by atoms with Crippen molar-refractivity contribution in [3.05, 3.63) is 60.7 Å². The fourth-order valence-corrected chi connectivity index (χ4v) is 3.08. The largest absolute Gasteiger partial charge is 0.486 e. The lowest BCUT2D eigenvalue weighted by Gasteiger charge is -2.18. The third-order valence-electron chi connectivity index (χ3n) is 4.44. The Morgan fingerprint density at radius 1 is 0.933 bits per heavy atom. The average Bonchev–Trinajstić information content (AvgIpc) is 2.77. The van der Waals surface area contributed by atoms with Gasteiger partial charge in [0.25, 0.3) is 5.91 Å². The molecule has 2 heterocycles. The summed E-state index contributed by atoms with van der Waals surface area (Å²) < 4.78 is 16.0.